The van der Waals surface area contributed by atoms with Crippen molar-refractivity contribution in [3.05, 3.63) is 52.8 Å². The van der Waals surface area contributed by atoms with E-state index in [1.807, 2.05) is 12.1 Å². The zero-order valence-electron chi connectivity index (χ0n) is 17.8. The molecule has 0 amide bonds. The number of methoxy groups -OCH3 is 1. The molecule has 1 fully saturated rings. The number of piperidine rings is 1. The normalized spacial score (nSPS) is 15.8. The fraction of sp³-hybridized carbons (Fsp3) is 0.478. The number of benzene rings is 1. The van der Waals surface area contributed by atoms with Gasteiger partial charge in [0.25, 0.3) is 12.1 Å². The second kappa shape index (κ2) is 9.70. The van der Waals surface area contributed by atoms with Gasteiger partial charge in [0, 0.05) is 30.8 Å². The lowest BCUT2D eigenvalue weighted by Crippen LogP contribution is -2.32. The van der Waals surface area contributed by atoms with Gasteiger partial charge in [-0.3, -0.25) is 4.90 Å². The maximum atomic E-state index is 13.6. The maximum absolute atomic E-state index is 13.6. The largest absolute Gasteiger partial charge is 0.491 e. The highest BCUT2D eigenvalue weighted by Crippen LogP contribution is 2.35. The van der Waals surface area contributed by atoms with Crippen molar-refractivity contribution in [1.82, 2.24) is 15.0 Å². The minimum absolute atomic E-state index is 0.0357. The molecule has 0 radical (unpaired) electrons. The molecule has 3 heterocycles. The van der Waals surface area contributed by atoms with E-state index in [-0.39, 0.29) is 17.2 Å². The van der Waals surface area contributed by atoms with Crippen molar-refractivity contribution >= 4 is 11.1 Å². The topological polar surface area (TPSA) is 60.6 Å². The Morgan fingerprint density at radius 1 is 1.19 bits per heavy atom. The van der Waals surface area contributed by atoms with Gasteiger partial charge in [-0.05, 0) is 56.6 Å². The first-order valence-electron chi connectivity index (χ1n) is 10.5. The summed E-state index contributed by atoms with van der Waals surface area (Å²) in [5.41, 5.74) is 2.48. The lowest BCUT2D eigenvalue weighted by molar-refractivity contribution is 0.146. The van der Waals surface area contributed by atoms with E-state index < -0.39 is 6.43 Å². The summed E-state index contributed by atoms with van der Waals surface area (Å²) in [6, 6.07) is 9.62. The molecule has 0 unspecified atom stereocenters. The second-order valence-corrected chi connectivity index (χ2v) is 7.92. The van der Waals surface area contributed by atoms with Crippen molar-refractivity contribution in [1.29, 1.82) is 0 Å². The molecule has 166 valence electrons. The van der Waals surface area contributed by atoms with Crippen LogP contribution in [-0.2, 0) is 11.3 Å². The van der Waals surface area contributed by atoms with Crippen LogP contribution < -0.4 is 4.74 Å². The number of rotatable bonds is 8. The van der Waals surface area contributed by atoms with Crippen molar-refractivity contribution in [3.8, 4) is 5.75 Å². The van der Waals surface area contributed by atoms with Gasteiger partial charge in [-0.15, -0.1) is 0 Å². The zero-order chi connectivity index (χ0) is 21.8. The maximum Gasteiger partial charge on any atom is 0.264 e. The number of likely N-dealkylation sites (tertiary alicyclic amines) is 1. The first-order chi connectivity index (χ1) is 15.0. The number of halogens is 2. The van der Waals surface area contributed by atoms with E-state index in [2.05, 4.69) is 27.2 Å². The fourth-order valence-corrected chi connectivity index (χ4v) is 4.15. The molecule has 1 aliphatic rings. The summed E-state index contributed by atoms with van der Waals surface area (Å²) in [5.74, 6) is 0.969. The van der Waals surface area contributed by atoms with Crippen LogP contribution in [0, 0.1) is 6.92 Å². The Labute approximate surface area is 180 Å². The number of ether oxygens (including phenoxy) is 2. The molecule has 31 heavy (non-hydrogen) atoms. The summed E-state index contributed by atoms with van der Waals surface area (Å²) in [7, 11) is 1.65. The molecule has 1 saturated heterocycles. The van der Waals surface area contributed by atoms with E-state index in [0.29, 0.717) is 30.0 Å². The first-order valence-corrected chi connectivity index (χ1v) is 10.5. The standard InChI is InChI=1S/C23H27F2N3O3/c1-15-21-19(22(24)25)13-20(26-23(21)31-27-15)17-6-8-28(9-7-17)14-16-4-3-5-18(12-16)30-11-10-29-2/h3-5,12-13,17,22H,6-11,14H2,1-2H3. The van der Waals surface area contributed by atoms with Gasteiger partial charge in [0.05, 0.1) is 17.7 Å². The summed E-state index contributed by atoms with van der Waals surface area (Å²) < 4.78 is 43.1. The van der Waals surface area contributed by atoms with Gasteiger partial charge in [-0.25, -0.2) is 13.8 Å². The molecular weight excluding hydrogens is 404 g/mol. The summed E-state index contributed by atoms with van der Waals surface area (Å²) in [6.45, 7) is 5.31. The molecule has 0 spiro atoms. The van der Waals surface area contributed by atoms with Crippen LogP contribution in [0.25, 0.3) is 11.1 Å². The Morgan fingerprint density at radius 3 is 2.74 bits per heavy atom. The molecule has 0 aliphatic carbocycles. The molecule has 0 N–H and O–H groups in total. The fourth-order valence-electron chi connectivity index (χ4n) is 4.15. The van der Waals surface area contributed by atoms with E-state index in [0.717, 1.165) is 38.2 Å². The molecule has 6 nitrogen and oxygen atoms in total. The van der Waals surface area contributed by atoms with E-state index in [1.54, 1.807) is 20.1 Å². The van der Waals surface area contributed by atoms with Gasteiger partial charge in [0.1, 0.15) is 12.4 Å². The van der Waals surface area contributed by atoms with Crippen LogP contribution in [0.15, 0.2) is 34.9 Å². The van der Waals surface area contributed by atoms with E-state index >= 15 is 0 Å². The Bertz CT molecular complexity index is 1020. The predicted octanol–water partition coefficient (Wildman–Crippen LogP) is 4.87. The summed E-state index contributed by atoms with van der Waals surface area (Å²) in [5, 5.41) is 4.16. The lowest BCUT2D eigenvalue weighted by atomic mass is 9.91. The number of pyridine rings is 1. The molecule has 4 rings (SSSR count). The van der Waals surface area contributed by atoms with Crippen molar-refractivity contribution < 1.29 is 22.8 Å². The van der Waals surface area contributed by atoms with Gasteiger partial charge in [-0.1, -0.05) is 17.3 Å². The van der Waals surface area contributed by atoms with Crippen molar-refractivity contribution in [2.24, 2.45) is 0 Å². The number of fused-ring (bicyclic) bond motifs is 1. The van der Waals surface area contributed by atoms with Gasteiger partial charge in [0.15, 0.2) is 0 Å². The highest BCUT2D eigenvalue weighted by atomic mass is 19.3. The second-order valence-electron chi connectivity index (χ2n) is 7.92. The van der Waals surface area contributed by atoms with Crippen LogP contribution in [0.1, 0.15) is 47.7 Å². The number of nitrogens with zero attached hydrogens (tertiary/aromatic N) is 3. The first kappa shape index (κ1) is 21.6. The van der Waals surface area contributed by atoms with Gasteiger partial charge < -0.3 is 14.0 Å². The number of alkyl halides is 2. The van der Waals surface area contributed by atoms with Crippen LogP contribution in [0.3, 0.4) is 0 Å². The average Bonchev–Trinajstić information content (AvgIpc) is 3.15. The third-order valence-electron chi connectivity index (χ3n) is 5.77. The van der Waals surface area contributed by atoms with Crippen LogP contribution in [0.4, 0.5) is 8.78 Å². The van der Waals surface area contributed by atoms with Crippen molar-refractivity contribution in [2.45, 2.75) is 38.7 Å². The SMILES string of the molecule is COCCOc1cccc(CN2CCC(c3cc(C(F)F)c4c(C)noc4n3)CC2)c1. The van der Waals surface area contributed by atoms with Crippen LogP contribution in [0.5, 0.6) is 5.75 Å². The number of aryl methyl sites for hydroxylation is 1. The quantitative estimate of drug-likeness (QED) is 0.474. The highest BCUT2D eigenvalue weighted by molar-refractivity contribution is 5.80. The lowest BCUT2D eigenvalue weighted by Gasteiger charge is -2.31. The van der Waals surface area contributed by atoms with Crippen LogP contribution in [-0.4, -0.2) is 48.5 Å². The Kier molecular flexibility index (Phi) is 6.77. The van der Waals surface area contributed by atoms with Gasteiger partial charge in [-0.2, -0.15) is 0 Å². The molecule has 0 saturated carbocycles. The monoisotopic (exact) mass is 431 g/mol. The van der Waals surface area contributed by atoms with E-state index in [1.165, 1.54) is 5.56 Å². The third kappa shape index (κ3) is 5.02. The van der Waals surface area contributed by atoms with Gasteiger partial charge in [0.2, 0.25) is 0 Å². The third-order valence-corrected chi connectivity index (χ3v) is 5.77. The van der Waals surface area contributed by atoms with Crippen molar-refractivity contribution in [3.63, 3.8) is 0 Å². The minimum Gasteiger partial charge on any atom is -0.491 e. The molecule has 2 aromatic heterocycles. The Balaban J connectivity index is 1.40. The van der Waals surface area contributed by atoms with E-state index in [9.17, 15) is 8.78 Å². The van der Waals surface area contributed by atoms with Crippen LogP contribution in [0.2, 0.25) is 0 Å². The molecule has 8 heteroatoms. The predicted molar refractivity (Wildman–Crippen MR) is 113 cm³/mol. The summed E-state index contributed by atoms with van der Waals surface area (Å²) >= 11 is 0. The summed E-state index contributed by atoms with van der Waals surface area (Å²) in [6.07, 6.45) is -0.864. The smallest absolute Gasteiger partial charge is 0.264 e. The van der Waals surface area contributed by atoms with Crippen LogP contribution >= 0.6 is 0 Å². The van der Waals surface area contributed by atoms with Crippen molar-refractivity contribution in [2.75, 3.05) is 33.4 Å². The Hall–Kier alpha value is -2.58. The molecule has 0 atom stereocenters. The Morgan fingerprint density at radius 2 is 2.00 bits per heavy atom. The number of aromatic nitrogens is 2. The average molecular weight is 431 g/mol. The molecular formula is C23H27F2N3O3. The number of hydrogen-bond acceptors (Lipinski definition) is 6. The summed E-state index contributed by atoms with van der Waals surface area (Å²) in [4.78, 5) is 6.88. The highest BCUT2D eigenvalue weighted by Gasteiger charge is 2.26. The van der Waals surface area contributed by atoms with Gasteiger partial charge >= 0.3 is 0 Å². The van der Waals surface area contributed by atoms with E-state index in [4.69, 9.17) is 14.0 Å². The zero-order valence-corrected chi connectivity index (χ0v) is 17.8. The molecule has 1 aliphatic heterocycles. The molecule has 1 aromatic carbocycles. The molecule has 0 bridgehead atoms. The molecule has 3 aromatic rings. The minimum atomic E-state index is -2.58. The number of hydrogen-bond donors (Lipinski definition) is 0.